The molecule has 1 saturated heterocycles. The fourth-order valence-electron chi connectivity index (χ4n) is 3.66. The number of nitrogens with two attached hydrogens (primary N) is 1. The van der Waals surface area contributed by atoms with Crippen molar-refractivity contribution in [1.29, 1.82) is 0 Å². The Hall–Kier alpha value is -4.51. The number of anilines is 1. The summed E-state index contributed by atoms with van der Waals surface area (Å²) in [5.74, 6) is -0.423. The van der Waals surface area contributed by atoms with Crippen molar-refractivity contribution in [3.63, 3.8) is 0 Å². The molecule has 10 nitrogen and oxygen atoms in total. The van der Waals surface area contributed by atoms with E-state index >= 15 is 0 Å². The predicted octanol–water partition coefficient (Wildman–Crippen LogP) is 3.98. The number of benzene rings is 3. The molecule has 2 amide bonds. The first-order valence-corrected chi connectivity index (χ1v) is 11.6. The van der Waals surface area contributed by atoms with E-state index in [1.807, 2.05) is 36.4 Å². The second-order valence-corrected chi connectivity index (χ2v) is 8.89. The van der Waals surface area contributed by atoms with Crippen LogP contribution >= 0.6 is 11.8 Å². The predicted molar refractivity (Wildman–Crippen MR) is 139 cm³/mol. The molecule has 1 heterocycles. The van der Waals surface area contributed by atoms with Crippen molar-refractivity contribution in [2.45, 2.75) is 11.7 Å². The Labute approximate surface area is 210 Å². The van der Waals surface area contributed by atoms with E-state index in [9.17, 15) is 19.7 Å². The van der Waals surface area contributed by atoms with Crippen molar-refractivity contribution in [2.24, 2.45) is 15.9 Å². The molecule has 1 aliphatic rings. The summed E-state index contributed by atoms with van der Waals surface area (Å²) in [5, 5.41) is 17.8. The maximum Gasteiger partial charge on any atom is 0.270 e. The summed E-state index contributed by atoms with van der Waals surface area (Å²) in [6, 6.07) is 20.8. The lowest BCUT2D eigenvalue weighted by Crippen LogP contribution is -2.32. The van der Waals surface area contributed by atoms with Crippen molar-refractivity contribution < 1.29 is 19.2 Å². The Morgan fingerprint density at radius 2 is 1.89 bits per heavy atom. The number of imide groups is 1. The minimum Gasteiger partial charge on any atom is -0.495 e. The third-order valence-electron chi connectivity index (χ3n) is 5.34. The Morgan fingerprint density at radius 1 is 1.11 bits per heavy atom. The van der Waals surface area contributed by atoms with Gasteiger partial charge in [0.25, 0.3) is 5.69 Å². The van der Waals surface area contributed by atoms with Gasteiger partial charge in [0.15, 0.2) is 5.17 Å². The SMILES string of the molecule is COc1ccc(-c2ccccc2)cc1N1C(=O)C[C@H](SC(N)=NN=Cc2cccc([N+](=O)[O-])c2)C1=O. The zero-order valence-electron chi connectivity index (χ0n) is 19.1. The number of thioether (sulfide) groups is 1. The van der Waals surface area contributed by atoms with Crippen LogP contribution in [0.15, 0.2) is 83.0 Å². The molecule has 0 spiro atoms. The molecule has 0 radical (unpaired) electrons. The highest BCUT2D eigenvalue weighted by Crippen LogP contribution is 2.38. The maximum atomic E-state index is 13.2. The van der Waals surface area contributed by atoms with Crippen LogP contribution in [0.2, 0.25) is 0 Å². The van der Waals surface area contributed by atoms with Gasteiger partial charge < -0.3 is 10.5 Å². The molecular formula is C25H21N5O5S. The second kappa shape index (κ2) is 10.8. The Kier molecular flexibility index (Phi) is 7.40. The highest BCUT2D eigenvalue weighted by Gasteiger charge is 2.41. The van der Waals surface area contributed by atoms with Gasteiger partial charge in [-0.2, -0.15) is 5.10 Å². The van der Waals surface area contributed by atoms with Gasteiger partial charge in [-0.1, -0.05) is 60.3 Å². The van der Waals surface area contributed by atoms with Crippen molar-refractivity contribution >= 4 is 46.3 Å². The van der Waals surface area contributed by atoms with E-state index in [4.69, 9.17) is 10.5 Å². The molecule has 0 bridgehead atoms. The van der Waals surface area contributed by atoms with Crippen molar-refractivity contribution in [3.8, 4) is 16.9 Å². The van der Waals surface area contributed by atoms with Crippen LogP contribution < -0.4 is 15.4 Å². The summed E-state index contributed by atoms with van der Waals surface area (Å²) < 4.78 is 5.42. The molecule has 0 unspecified atom stereocenters. The van der Waals surface area contributed by atoms with E-state index in [-0.39, 0.29) is 23.2 Å². The number of carbonyl (C=O) groups is 2. The number of amidine groups is 1. The van der Waals surface area contributed by atoms with Gasteiger partial charge in [0.1, 0.15) is 11.0 Å². The third-order valence-corrected chi connectivity index (χ3v) is 6.32. The number of hydrogen-bond acceptors (Lipinski definition) is 8. The fourth-order valence-corrected chi connectivity index (χ4v) is 4.48. The van der Waals surface area contributed by atoms with E-state index < -0.39 is 16.1 Å². The maximum absolute atomic E-state index is 13.2. The van der Waals surface area contributed by atoms with Crippen LogP contribution in [0.4, 0.5) is 11.4 Å². The number of non-ortho nitro benzene ring substituents is 1. The number of ether oxygens (including phenoxy) is 1. The van der Waals surface area contributed by atoms with E-state index in [1.165, 1.54) is 31.5 Å². The first kappa shape index (κ1) is 24.6. The zero-order valence-corrected chi connectivity index (χ0v) is 19.9. The number of carbonyl (C=O) groups excluding carboxylic acids is 2. The summed E-state index contributed by atoms with van der Waals surface area (Å²) in [4.78, 5) is 37.5. The van der Waals surface area contributed by atoms with Gasteiger partial charge in [0, 0.05) is 24.1 Å². The zero-order chi connectivity index (χ0) is 25.7. The van der Waals surface area contributed by atoms with Crippen LogP contribution in [0, 0.1) is 10.1 Å². The second-order valence-electron chi connectivity index (χ2n) is 7.67. The molecule has 0 aliphatic carbocycles. The summed E-state index contributed by atoms with van der Waals surface area (Å²) in [6.45, 7) is 0. The van der Waals surface area contributed by atoms with Gasteiger partial charge in [-0.15, -0.1) is 5.10 Å². The Morgan fingerprint density at radius 3 is 2.61 bits per heavy atom. The van der Waals surface area contributed by atoms with Gasteiger partial charge in [0.2, 0.25) is 11.8 Å². The number of hydrogen-bond donors (Lipinski definition) is 1. The van der Waals surface area contributed by atoms with Crippen LogP contribution in [-0.2, 0) is 9.59 Å². The monoisotopic (exact) mass is 503 g/mol. The minimum absolute atomic E-state index is 0.0188. The third kappa shape index (κ3) is 5.41. The van der Waals surface area contributed by atoms with Crippen molar-refractivity contribution in [3.05, 3.63) is 88.5 Å². The van der Waals surface area contributed by atoms with Gasteiger partial charge in [0.05, 0.1) is 23.9 Å². The normalized spacial score (nSPS) is 16.1. The largest absolute Gasteiger partial charge is 0.495 e. The molecule has 182 valence electrons. The first-order valence-electron chi connectivity index (χ1n) is 10.7. The summed E-state index contributed by atoms with van der Waals surface area (Å²) in [7, 11) is 1.47. The molecule has 1 atom stereocenters. The van der Waals surface area contributed by atoms with Crippen LogP contribution in [0.5, 0.6) is 5.75 Å². The molecule has 3 aromatic carbocycles. The number of nitro groups is 1. The van der Waals surface area contributed by atoms with Crippen LogP contribution in [-0.4, -0.2) is 40.5 Å². The van der Waals surface area contributed by atoms with E-state index in [0.29, 0.717) is 17.0 Å². The van der Waals surface area contributed by atoms with E-state index in [2.05, 4.69) is 10.2 Å². The number of methoxy groups -OCH3 is 1. The minimum atomic E-state index is -0.778. The average Bonchev–Trinajstić information content (AvgIpc) is 3.16. The molecular weight excluding hydrogens is 482 g/mol. The molecule has 2 N–H and O–H groups in total. The molecule has 11 heteroatoms. The van der Waals surface area contributed by atoms with Gasteiger partial charge >= 0.3 is 0 Å². The van der Waals surface area contributed by atoms with Crippen LogP contribution in [0.3, 0.4) is 0 Å². The lowest BCUT2D eigenvalue weighted by atomic mass is 10.0. The summed E-state index contributed by atoms with van der Waals surface area (Å²) in [6.07, 6.45) is 1.25. The van der Waals surface area contributed by atoms with E-state index in [1.54, 1.807) is 18.2 Å². The molecule has 1 fully saturated rings. The fraction of sp³-hybridized carbons (Fsp3) is 0.120. The molecule has 36 heavy (non-hydrogen) atoms. The van der Waals surface area contributed by atoms with E-state index in [0.717, 1.165) is 27.8 Å². The molecule has 4 rings (SSSR count). The van der Waals surface area contributed by atoms with Crippen molar-refractivity contribution in [2.75, 3.05) is 12.0 Å². The highest BCUT2D eigenvalue weighted by molar-refractivity contribution is 8.14. The standard InChI is InChI=1S/C25H21N5O5S/c1-35-21-11-10-18(17-7-3-2-4-8-17)13-20(21)29-23(31)14-22(24(29)32)36-25(26)28-27-15-16-6-5-9-19(12-16)30(33)34/h2-13,15,22H,14H2,1H3,(H2,26,28)/t22-/m0/s1. The summed E-state index contributed by atoms with van der Waals surface area (Å²) in [5.41, 5.74) is 8.44. The molecule has 0 aromatic heterocycles. The highest BCUT2D eigenvalue weighted by atomic mass is 32.2. The summed E-state index contributed by atoms with van der Waals surface area (Å²) >= 11 is 0.928. The van der Waals surface area contributed by atoms with Crippen LogP contribution in [0.25, 0.3) is 11.1 Å². The Balaban J connectivity index is 1.51. The number of amides is 2. The first-order chi connectivity index (χ1) is 17.4. The lowest BCUT2D eigenvalue weighted by Gasteiger charge is -2.19. The quantitative estimate of drug-likeness (QED) is 0.169. The molecule has 0 saturated carbocycles. The smallest absolute Gasteiger partial charge is 0.270 e. The molecule has 1 aliphatic heterocycles. The van der Waals surface area contributed by atoms with Crippen molar-refractivity contribution in [1.82, 2.24) is 0 Å². The number of nitrogens with zero attached hydrogens (tertiary/aromatic N) is 4. The lowest BCUT2D eigenvalue weighted by molar-refractivity contribution is -0.384. The number of nitro benzene ring substituents is 1. The van der Waals surface area contributed by atoms with Gasteiger partial charge in [-0.3, -0.25) is 19.7 Å². The topological polar surface area (TPSA) is 140 Å². The van der Waals surface area contributed by atoms with Gasteiger partial charge in [-0.25, -0.2) is 4.90 Å². The van der Waals surface area contributed by atoms with Crippen LogP contribution in [0.1, 0.15) is 12.0 Å². The molecule has 3 aromatic rings. The van der Waals surface area contributed by atoms with Gasteiger partial charge in [-0.05, 0) is 23.3 Å². The Bertz CT molecular complexity index is 1380. The number of rotatable bonds is 7. The average molecular weight is 504 g/mol.